The summed E-state index contributed by atoms with van der Waals surface area (Å²) in [6, 6.07) is 5.24. The number of rotatable bonds is 5. The molecular formula is C14H17ClN2O3. The Labute approximate surface area is 122 Å². The quantitative estimate of drug-likeness (QED) is 0.921. The molecule has 5 nitrogen and oxygen atoms in total. The van der Waals surface area contributed by atoms with Crippen molar-refractivity contribution in [3.8, 4) is 11.5 Å². The van der Waals surface area contributed by atoms with Gasteiger partial charge >= 0.3 is 0 Å². The van der Waals surface area contributed by atoms with Gasteiger partial charge < -0.3 is 14.6 Å². The Balaban J connectivity index is 2.47. The second-order valence-corrected chi connectivity index (χ2v) is 4.61. The topological polar surface area (TPSA) is 56.5 Å². The number of hydrogen-bond donors (Lipinski definition) is 1. The van der Waals surface area contributed by atoms with Crippen molar-refractivity contribution in [2.45, 2.75) is 19.6 Å². The summed E-state index contributed by atoms with van der Waals surface area (Å²) in [5.41, 5.74) is 1.17. The fourth-order valence-corrected chi connectivity index (χ4v) is 2.33. The Bertz CT molecular complexity index is 598. The summed E-state index contributed by atoms with van der Waals surface area (Å²) in [5.74, 6) is 1.20. The van der Waals surface area contributed by atoms with Gasteiger partial charge in [0.1, 0.15) is 17.6 Å². The third kappa shape index (κ3) is 2.59. The first kappa shape index (κ1) is 14.7. The molecule has 2 aromatic rings. The zero-order valence-electron chi connectivity index (χ0n) is 11.6. The number of methoxy groups -OCH3 is 2. The van der Waals surface area contributed by atoms with E-state index >= 15 is 0 Å². The van der Waals surface area contributed by atoms with Gasteiger partial charge in [-0.05, 0) is 19.1 Å². The zero-order valence-corrected chi connectivity index (χ0v) is 12.4. The van der Waals surface area contributed by atoms with Gasteiger partial charge in [0.2, 0.25) is 0 Å². The van der Waals surface area contributed by atoms with E-state index in [-0.39, 0.29) is 0 Å². The Morgan fingerprint density at radius 1 is 1.35 bits per heavy atom. The number of nitrogens with zero attached hydrogens (tertiary/aromatic N) is 2. The molecule has 6 heteroatoms. The maximum atomic E-state index is 10.6. The number of aliphatic hydroxyl groups is 1. The summed E-state index contributed by atoms with van der Waals surface area (Å²) < 4.78 is 12.1. The average molecular weight is 297 g/mol. The molecule has 0 bridgehead atoms. The zero-order chi connectivity index (χ0) is 14.7. The molecule has 0 fully saturated rings. The van der Waals surface area contributed by atoms with Crippen LogP contribution in [0.1, 0.15) is 24.3 Å². The van der Waals surface area contributed by atoms with Gasteiger partial charge in [0.15, 0.2) is 0 Å². The van der Waals surface area contributed by atoms with E-state index < -0.39 is 6.10 Å². The molecule has 0 spiro atoms. The molecule has 1 aromatic heterocycles. The number of benzene rings is 1. The Hall–Kier alpha value is -1.72. The minimum absolute atomic E-state index is 0.428. The molecule has 1 unspecified atom stereocenters. The van der Waals surface area contributed by atoms with Crippen molar-refractivity contribution in [2.24, 2.45) is 0 Å². The highest BCUT2D eigenvalue weighted by molar-refractivity contribution is 6.31. The SMILES string of the molecule is CCn1ncc(Cl)c1C(O)c1ccc(OC)cc1OC. The van der Waals surface area contributed by atoms with Crippen LogP contribution in [0.15, 0.2) is 24.4 Å². The van der Waals surface area contributed by atoms with E-state index in [0.717, 1.165) is 0 Å². The van der Waals surface area contributed by atoms with Crippen LogP contribution < -0.4 is 9.47 Å². The Kier molecular flexibility index (Phi) is 4.52. The highest BCUT2D eigenvalue weighted by Crippen LogP contribution is 2.35. The largest absolute Gasteiger partial charge is 0.497 e. The van der Waals surface area contributed by atoms with Crippen molar-refractivity contribution in [1.29, 1.82) is 0 Å². The lowest BCUT2D eigenvalue weighted by Crippen LogP contribution is -2.10. The average Bonchev–Trinajstić information content (AvgIpc) is 2.86. The van der Waals surface area contributed by atoms with Gasteiger partial charge in [-0.1, -0.05) is 11.6 Å². The van der Waals surface area contributed by atoms with Crippen LogP contribution >= 0.6 is 11.6 Å². The lowest BCUT2D eigenvalue weighted by atomic mass is 10.0. The maximum absolute atomic E-state index is 10.6. The van der Waals surface area contributed by atoms with Crippen LogP contribution in [0.2, 0.25) is 5.02 Å². The van der Waals surface area contributed by atoms with Crippen molar-refractivity contribution in [1.82, 2.24) is 9.78 Å². The molecule has 0 aliphatic rings. The molecule has 20 heavy (non-hydrogen) atoms. The van der Waals surface area contributed by atoms with Gasteiger partial charge in [-0.15, -0.1) is 0 Å². The number of aromatic nitrogens is 2. The smallest absolute Gasteiger partial charge is 0.128 e. The van der Waals surface area contributed by atoms with Gasteiger partial charge in [-0.25, -0.2) is 0 Å². The highest BCUT2D eigenvalue weighted by Gasteiger charge is 2.22. The molecule has 1 atom stereocenters. The number of halogens is 1. The van der Waals surface area contributed by atoms with Gasteiger partial charge in [-0.3, -0.25) is 4.68 Å². The summed E-state index contributed by atoms with van der Waals surface area (Å²) in [4.78, 5) is 0. The van der Waals surface area contributed by atoms with E-state index in [1.807, 2.05) is 6.92 Å². The lowest BCUT2D eigenvalue weighted by Gasteiger charge is -2.17. The normalized spacial score (nSPS) is 12.2. The monoisotopic (exact) mass is 296 g/mol. The predicted molar refractivity (Wildman–Crippen MR) is 76.5 cm³/mol. The molecule has 0 aliphatic heterocycles. The molecule has 0 amide bonds. The van der Waals surface area contributed by atoms with Crippen molar-refractivity contribution < 1.29 is 14.6 Å². The van der Waals surface area contributed by atoms with E-state index in [1.165, 1.54) is 6.20 Å². The summed E-state index contributed by atoms with van der Waals surface area (Å²) in [6.45, 7) is 2.56. The molecule has 1 heterocycles. The van der Waals surface area contributed by atoms with Crippen LogP contribution in [0.5, 0.6) is 11.5 Å². The summed E-state index contributed by atoms with van der Waals surface area (Å²) >= 11 is 6.11. The standard InChI is InChI=1S/C14H17ClN2O3/c1-4-17-13(11(15)8-16-17)14(18)10-6-5-9(19-2)7-12(10)20-3/h5-8,14,18H,4H2,1-3H3. The van der Waals surface area contributed by atoms with Crippen LogP contribution in [-0.4, -0.2) is 29.1 Å². The van der Waals surface area contributed by atoms with E-state index in [0.29, 0.717) is 34.3 Å². The van der Waals surface area contributed by atoms with E-state index in [2.05, 4.69) is 5.10 Å². The first-order valence-corrected chi connectivity index (χ1v) is 6.61. The van der Waals surface area contributed by atoms with Crippen LogP contribution in [0.25, 0.3) is 0 Å². The number of aryl methyl sites for hydroxylation is 1. The first-order chi connectivity index (χ1) is 9.62. The second kappa shape index (κ2) is 6.15. The third-order valence-electron chi connectivity index (χ3n) is 3.13. The van der Waals surface area contributed by atoms with Crippen molar-refractivity contribution in [2.75, 3.05) is 14.2 Å². The van der Waals surface area contributed by atoms with Gasteiger partial charge in [-0.2, -0.15) is 5.10 Å². The maximum Gasteiger partial charge on any atom is 0.128 e. The van der Waals surface area contributed by atoms with E-state index in [1.54, 1.807) is 37.1 Å². The summed E-state index contributed by atoms with van der Waals surface area (Å²) in [6.07, 6.45) is 0.616. The fourth-order valence-electron chi connectivity index (χ4n) is 2.09. The molecule has 0 saturated heterocycles. The lowest BCUT2D eigenvalue weighted by molar-refractivity contribution is 0.203. The summed E-state index contributed by atoms with van der Waals surface area (Å²) in [7, 11) is 3.12. The third-order valence-corrected chi connectivity index (χ3v) is 3.42. The van der Waals surface area contributed by atoms with Crippen molar-refractivity contribution in [3.05, 3.63) is 40.7 Å². The van der Waals surface area contributed by atoms with Gasteiger partial charge in [0.05, 0.1) is 31.1 Å². The second-order valence-electron chi connectivity index (χ2n) is 4.20. The summed E-state index contributed by atoms with van der Waals surface area (Å²) in [5, 5.41) is 15.1. The molecule has 0 aliphatic carbocycles. The Morgan fingerprint density at radius 3 is 2.70 bits per heavy atom. The first-order valence-electron chi connectivity index (χ1n) is 6.23. The van der Waals surface area contributed by atoms with Crippen LogP contribution in [0, 0.1) is 0 Å². The molecule has 1 aromatic carbocycles. The van der Waals surface area contributed by atoms with Crippen LogP contribution in [0.4, 0.5) is 0 Å². The van der Waals surface area contributed by atoms with Crippen molar-refractivity contribution in [3.63, 3.8) is 0 Å². The van der Waals surface area contributed by atoms with Crippen LogP contribution in [0.3, 0.4) is 0 Å². The predicted octanol–water partition coefficient (Wildman–Crippen LogP) is 2.66. The minimum Gasteiger partial charge on any atom is -0.497 e. The van der Waals surface area contributed by atoms with Gasteiger partial charge in [0.25, 0.3) is 0 Å². The van der Waals surface area contributed by atoms with Gasteiger partial charge in [0, 0.05) is 18.2 Å². The molecular weight excluding hydrogens is 280 g/mol. The molecule has 0 saturated carbocycles. The van der Waals surface area contributed by atoms with E-state index in [9.17, 15) is 5.11 Å². The molecule has 108 valence electrons. The van der Waals surface area contributed by atoms with Crippen LogP contribution in [-0.2, 0) is 6.54 Å². The van der Waals surface area contributed by atoms with E-state index in [4.69, 9.17) is 21.1 Å². The number of hydrogen-bond acceptors (Lipinski definition) is 4. The molecule has 0 radical (unpaired) electrons. The minimum atomic E-state index is -0.911. The highest BCUT2D eigenvalue weighted by atomic mass is 35.5. The fraction of sp³-hybridized carbons (Fsp3) is 0.357. The number of aliphatic hydroxyl groups excluding tert-OH is 1. The molecule has 2 rings (SSSR count). The van der Waals surface area contributed by atoms with Crippen molar-refractivity contribution >= 4 is 11.6 Å². The Morgan fingerprint density at radius 2 is 2.10 bits per heavy atom. The number of ether oxygens (including phenoxy) is 2. The molecule has 1 N–H and O–H groups in total.